The van der Waals surface area contributed by atoms with Crippen molar-refractivity contribution in [3.63, 3.8) is 0 Å². The molecule has 128 valence electrons. The lowest BCUT2D eigenvalue weighted by atomic mass is 9.78. The first-order valence-electron chi connectivity index (χ1n) is 8.48. The van der Waals surface area contributed by atoms with Gasteiger partial charge in [0.15, 0.2) is 0 Å². The van der Waals surface area contributed by atoms with Crippen LogP contribution in [0.4, 0.5) is 5.82 Å². The molecule has 1 amide bonds. The number of carboxylic acids is 1. The molecule has 1 N–H and O–H groups in total. The molecular weight excluding hydrogens is 310 g/mol. The van der Waals surface area contributed by atoms with Gasteiger partial charge in [0.2, 0.25) is 5.91 Å². The van der Waals surface area contributed by atoms with Gasteiger partial charge in [0.25, 0.3) is 0 Å². The van der Waals surface area contributed by atoms with Crippen LogP contribution in [0.25, 0.3) is 0 Å². The number of aliphatic carboxylic acids is 1. The van der Waals surface area contributed by atoms with Crippen LogP contribution in [-0.4, -0.2) is 65.3 Å². The average molecular weight is 331 g/mol. The van der Waals surface area contributed by atoms with E-state index in [2.05, 4.69) is 9.88 Å². The molecule has 7 heteroatoms. The number of aromatic nitrogens is 1. The van der Waals surface area contributed by atoms with Crippen molar-refractivity contribution in [1.82, 2.24) is 9.88 Å². The quantitative estimate of drug-likeness (QED) is 0.874. The zero-order valence-corrected chi connectivity index (χ0v) is 13.4. The van der Waals surface area contributed by atoms with Crippen LogP contribution in [0.2, 0.25) is 0 Å². The van der Waals surface area contributed by atoms with E-state index in [0.29, 0.717) is 26.2 Å². The maximum atomic E-state index is 12.9. The number of carboxylic acid groups (broad SMARTS) is 1. The van der Waals surface area contributed by atoms with Crippen LogP contribution in [0.15, 0.2) is 24.4 Å². The van der Waals surface area contributed by atoms with Gasteiger partial charge in [-0.1, -0.05) is 6.07 Å². The molecule has 1 aromatic heterocycles. The Bertz CT molecular complexity index is 630. The van der Waals surface area contributed by atoms with E-state index in [-0.39, 0.29) is 18.1 Å². The van der Waals surface area contributed by atoms with Crippen molar-refractivity contribution < 1.29 is 19.4 Å². The Labute approximate surface area is 140 Å². The van der Waals surface area contributed by atoms with Crippen molar-refractivity contribution in [3.05, 3.63) is 24.4 Å². The molecule has 0 spiro atoms. The van der Waals surface area contributed by atoms with Crippen LogP contribution in [0.5, 0.6) is 0 Å². The Morgan fingerprint density at radius 2 is 1.79 bits per heavy atom. The molecule has 0 radical (unpaired) electrons. The fourth-order valence-corrected chi connectivity index (χ4v) is 4.21. The van der Waals surface area contributed by atoms with Gasteiger partial charge in [-0.05, 0) is 25.0 Å². The predicted octanol–water partition coefficient (Wildman–Crippen LogP) is 0.608. The number of amides is 1. The number of anilines is 1. The smallest absolute Gasteiger partial charge is 0.310 e. The summed E-state index contributed by atoms with van der Waals surface area (Å²) in [4.78, 5) is 32.7. The molecular formula is C17H21N3O4. The fourth-order valence-electron chi connectivity index (χ4n) is 4.21. The van der Waals surface area contributed by atoms with Crippen molar-refractivity contribution >= 4 is 17.7 Å². The van der Waals surface area contributed by atoms with Crippen LogP contribution < -0.4 is 4.90 Å². The number of piperazine rings is 1. The first-order valence-corrected chi connectivity index (χ1v) is 8.48. The van der Waals surface area contributed by atoms with E-state index in [1.165, 1.54) is 0 Å². The SMILES string of the molecule is O=C(O)C1C2CCC(O2)C1C(=O)N1CCN(c2ccccn2)CC1. The molecule has 0 aliphatic carbocycles. The largest absolute Gasteiger partial charge is 0.481 e. The van der Waals surface area contributed by atoms with Crippen molar-refractivity contribution in [2.24, 2.45) is 11.8 Å². The number of nitrogens with zero attached hydrogens (tertiary/aromatic N) is 3. The van der Waals surface area contributed by atoms with Crippen LogP contribution in [-0.2, 0) is 14.3 Å². The molecule has 4 unspecified atom stereocenters. The molecule has 4 atom stereocenters. The molecule has 2 bridgehead atoms. The van der Waals surface area contributed by atoms with E-state index in [0.717, 1.165) is 18.7 Å². The molecule has 0 aromatic carbocycles. The van der Waals surface area contributed by atoms with E-state index < -0.39 is 17.8 Å². The number of carbonyl (C=O) groups is 2. The summed E-state index contributed by atoms with van der Waals surface area (Å²) < 4.78 is 5.71. The molecule has 3 saturated heterocycles. The zero-order valence-electron chi connectivity index (χ0n) is 13.4. The standard InChI is InChI=1S/C17H21N3O4/c21-16(14-11-4-5-12(24-11)15(14)17(22)23)20-9-7-19(8-10-20)13-3-1-2-6-18-13/h1-3,6,11-12,14-15H,4-5,7-10H2,(H,22,23). The highest BCUT2D eigenvalue weighted by atomic mass is 16.5. The predicted molar refractivity (Wildman–Crippen MR) is 85.5 cm³/mol. The van der Waals surface area contributed by atoms with Crippen LogP contribution in [0, 0.1) is 11.8 Å². The summed E-state index contributed by atoms with van der Waals surface area (Å²) in [5.74, 6) is -1.27. The van der Waals surface area contributed by atoms with Crippen molar-refractivity contribution in [1.29, 1.82) is 0 Å². The van der Waals surface area contributed by atoms with Crippen molar-refractivity contribution in [2.45, 2.75) is 25.0 Å². The monoisotopic (exact) mass is 331 g/mol. The van der Waals surface area contributed by atoms with Gasteiger partial charge in [-0.25, -0.2) is 4.98 Å². The van der Waals surface area contributed by atoms with E-state index in [1.807, 2.05) is 18.2 Å². The molecule has 0 saturated carbocycles. The van der Waals surface area contributed by atoms with Crippen molar-refractivity contribution in [3.8, 4) is 0 Å². The summed E-state index contributed by atoms with van der Waals surface area (Å²) in [6.45, 7) is 2.61. The second kappa shape index (κ2) is 6.05. The molecule has 7 nitrogen and oxygen atoms in total. The highest BCUT2D eigenvalue weighted by Crippen LogP contribution is 2.44. The minimum atomic E-state index is -0.910. The molecule has 3 aliphatic heterocycles. The van der Waals surface area contributed by atoms with Crippen LogP contribution >= 0.6 is 0 Å². The van der Waals surface area contributed by atoms with Gasteiger partial charge in [-0.15, -0.1) is 0 Å². The summed E-state index contributed by atoms with van der Waals surface area (Å²) in [6, 6.07) is 5.79. The lowest BCUT2D eigenvalue weighted by Gasteiger charge is -2.38. The van der Waals surface area contributed by atoms with Crippen LogP contribution in [0.3, 0.4) is 0 Å². The fraction of sp³-hybridized carbons (Fsp3) is 0.588. The average Bonchev–Trinajstić information content (AvgIpc) is 3.23. The Morgan fingerprint density at radius 3 is 2.42 bits per heavy atom. The van der Waals surface area contributed by atoms with Crippen molar-refractivity contribution in [2.75, 3.05) is 31.1 Å². The number of pyridine rings is 1. The first kappa shape index (κ1) is 15.4. The highest BCUT2D eigenvalue weighted by Gasteiger charge is 2.56. The Kier molecular flexibility index (Phi) is 3.88. The maximum Gasteiger partial charge on any atom is 0.310 e. The molecule has 24 heavy (non-hydrogen) atoms. The minimum absolute atomic E-state index is 0.0599. The van der Waals surface area contributed by atoms with Gasteiger partial charge in [-0.2, -0.15) is 0 Å². The van der Waals surface area contributed by atoms with E-state index in [4.69, 9.17) is 4.74 Å². The van der Waals surface area contributed by atoms with Gasteiger partial charge in [-0.3, -0.25) is 9.59 Å². The lowest BCUT2D eigenvalue weighted by molar-refractivity contribution is -0.151. The second-order valence-corrected chi connectivity index (χ2v) is 6.68. The van der Waals surface area contributed by atoms with E-state index in [1.54, 1.807) is 11.1 Å². The third kappa shape index (κ3) is 2.53. The van der Waals surface area contributed by atoms with Gasteiger partial charge in [0.1, 0.15) is 5.82 Å². The summed E-state index contributed by atoms with van der Waals surface area (Å²) in [6.07, 6.45) is 2.78. The normalized spacial score (nSPS) is 32.2. The second-order valence-electron chi connectivity index (χ2n) is 6.68. The molecule has 3 fully saturated rings. The minimum Gasteiger partial charge on any atom is -0.481 e. The highest BCUT2D eigenvalue weighted by molar-refractivity contribution is 5.86. The number of hydrogen-bond acceptors (Lipinski definition) is 5. The summed E-state index contributed by atoms with van der Waals surface area (Å²) in [5, 5.41) is 9.48. The third-order valence-corrected chi connectivity index (χ3v) is 5.41. The Hall–Kier alpha value is -2.15. The number of rotatable bonds is 3. The van der Waals surface area contributed by atoms with E-state index >= 15 is 0 Å². The van der Waals surface area contributed by atoms with Gasteiger partial charge < -0.3 is 19.6 Å². The summed E-state index contributed by atoms with van der Waals surface area (Å²) in [5.41, 5.74) is 0. The number of carbonyl (C=O) groups excluding carboxylic acids is 1. The van der Waals surface area contributed by atoms with E-state index in [9.17, 15) is 14.7 Å². The summed E-state index contributed by atoms with van der Waals surface area (Å²) in [7, 11) is 0. The number of fused-ring (bicyclic) bond motifs is 2. The molecule has 1 aromatic rings. The van der Waals surface area contributed by atoms with Gasteiger partial charge in [0, 0.05) is 32.4 Å². The van der Waals surface area contributed by atoms with Crippen LogP contribution in [0.1, 0.15) is 12.8 Å². The summed E-state index contributed by atoms with van der Waals surface area (Å²) >= 11 is 0. The third-order valence-electron chi connectivity index (χ3n) is 5.41. The maximum absolute atomic E-state index is 12.9. The van der Waals surface area contributed by atoms with Gasteiger partial charge in [0.05, 0.1) is 24.0 Å². The molecule has 4 heterocycles. The Morgan fingerprint density at radius 1 is 1.08 bits per heavy atom. The molecule has 4 rings (SSSR count). The molecule has 3 aliphatic rings. The number of hydrogen-bond donors (Lipinski definition) is 1. The lowest BCUT2D eigenvalue weighted by Crippen LogP contribution is -2.53. The Balaban J connectivity index is 1.42. The zero-order chi connectivity index (χ0) is 16.7. The number of ether oxygens (including phenoxy) is 1. The topological polar surface area (TPSA) is 83.0 Å². The first-order chi connectivity index (χ1) is 11.6. The van der Waals surface area contributed by atoms with Gasteiger partial charge >= 0.3 is 5.97 Å².